The predicted octanol–water partition coefficient (Wildman–Crippen LogP) is 6.71. The van der Waals surface area contributed by atoms with E-state index in [4.69, 9.17) is 4.74 Å². The van der Waals surface area contributed by atoms with Crippen molar-refractivity contribution in [2.24, 2.45) is 23.7 Å². The minimum atomic E-state index is -0.747. The molecule has 0 saturated heterocycles. The third kappa shape index (κ3) is 6.14. The summed E-state index contributed by atoms with van der Waals surface area (Å²) in [5, 5.41) is 0. The molecule has 0 unspecified atom stereocenters. The van der Waals surface area contributed by atoms with Crippen molar-refractivity contribution in [3.63, 3.8) is 0 Å². The molecule has 2 aliphatic rings. The number of ether oxygens (including phenoxy) is 1. The molecular formula is C24H34F2O. The van der Waals surface area contributed by atoms with E-state index in [1.165, 1.54) is 63.5 Å². The first kappa shape index (κ1) is 20.5. The van der Waals surface area contributed by atoms with Crippen molar-refractivity contribution in [1.29, 1.82) is 0 Å². The highest BCUT2D eigenvalue weighted by molar-refractivity contribution is 5.17. The van der Waals surface area contributed by atoms with E-state index in [9.17, 15) is 8.78 Å². The van der Waals surface area contributed by atoms with Crippen LogP contribution in [-0.4, -0.2) is 13.7 Å². The fraction of sp³-hybridized carbons (Fsp3) is 0.667. The maximum Gasteiger partial charge on any atom is 0.159 e. The van der Waals surface area contributed by atoms with Crippen LogP contribution >= 0.6 is 0 Å². The fourth-order valence-electron chi connectivity index (χ4n) is 5.17. The number of methoxy groups -OCH3 is 1. The standard InChI is InChI=1S/C24H34F2O/c1-27-16-2-3-18-6-11-21(12-7-18)22-13-8-19(9-14-22)4-5-20-10-15-23(25)24(26)17-20/h2-3,10,15,17-19,21-22H,4-9,11-14,16H2,1H3/t18-,19-,21-,22-. The van der Waals surface area contributed by atoms with Crippen LogP contribution in [0.4, 0.5) is 8.78 Å². The molecule has 0 aliphatic heterocycles. The quantitative estimate of drug-likeness (QED) is 0.480. The number of aryl methyl sites for hydroxylation is 1. The summed E-state index contributed by atoms with van der Waals surface area (Å²) in [4.78, 5) is 0. The van der Waals surface area contributed by atoms with Crippen molar-refractivity contribution in [3.8, 4) is 0 Å². The smallest absolute Gasteiger partial charge is 0.159 e. The van der Waals surface area contributed by atoms with Crippen LogP contribution in [0.25, 0.3) is 0 Å². The second-order valence-electron chi connectivity index (χ2n) is 8.63. The Morgan fingerprint density at radius 1 is 0.926 bits per heavy atom. The van der Waals surface area contributed by atoms with Crippen LogP contribution in [0.5, 0.6) is 0 Å². The first-order valence-corrected chi connectivity index (χ1v) is 10.7. The Hall–Kier alpha value is -1.22. The minimum Gasteiger partial charge on any atom is -0.381 e. The average molecular weight is 377 g/mol. The van der Waals surface area contributed by atoms with Gasteiger partial charge in [-0.2, -0.15) is 0 Å². The second kappa shape index (κ2) is 10.4. The van der Waals surface area contributed by atoms with Gasteiger partial charge in [0.25, 0.3) is 0 Å². The van der Waals surface area contributed by atoms with Crippen LogP contribution in [-0.2, 0) is 11.2 Å². The molecule has 1 aromatic rings. The number of hydrogen-bond donors (Lipinski definition) is 0. The van der Waals surface area contributed by atoms with Crippen molar-refractivity contribution in [1.82, 2.24) is 0 Å². The summed E-state index contributed by atoms with van der Waals surface area (Å²) in [5.74, 6) is 1.87. The highest BCUT2D eigenvalue weighted by Crippen LogP contribution is 2.42. The molecule has 0 heterocycles. The number of hydrogen-bond acceptors (Lipinski definition) is 1. The van der Waals surface area contributed by atoms with E-state index in [0.29, 0.717) is 0 Å². The molecule has 2 aliphatic carbocycles. The molecule has 2 saturated carbocycles. The molecule has 0 radical (unpaired) electrons. The largest absolute Gasteiger partial charge is 0.381 e. The third-order valence-electron chi connectivity index (χ3n) is 6.87. The van der Waals surface area contributed by atoms with Crippen molar-refractivity contribution in [2.75, 3.05) is 13.7 Å². The molecule has 0 aromatic heterocycles. The zero-order valence-electron chi connectivity index (χ0n) is 16.6. The van der Waals surface area contributed by atoms with Gasteiger partial charge in [0.1, 0.15) is 0 Å². The lowest BCUT2D eigenvalue weighted by atomic mass is 9.68. The summed E-state index contributed by atoms with van der Waals surface area (Å²) in [6, 6.07) is 4.34. The van der Waals surface area contributed by atoms with Gasteiger partial charge in [-0.3, -0.25) is 0 Å². The molecule has 150 valence electrons. The summed E-state index contributed by atoms with van der Waals surface area (Å²) in [7, 11) is 1.75. The fourth-order valence-corrected chi connectivity index (χ4v) is 5.17. The van der Waals surface area contributed by atoms with Gasteiger partial charge in [-0.05, 0) is 92.7 Å². The zero-order chi connectivity index (χ0) is 19.1. The van der Waals surface area contributed by atoms with Crippen molar-refractivity contribution >= 4 is 0 Å². The van der Waals surface area contributed by atoms with Crippen LogP contribution in [0.3, 0.4) is 0 Å². The first-order valence-electron chi connectivity index (χ1n) is 10.7. The molecule has 0 spiro atoms. The molecule has 2 fully saturated rings. The summed E-state index contributed by atoms with van der Waals surface area (Å²) >= 11 is 0. The van der Waals surface area contributed by atoms with Gasteiger partial charge in [0.2, 0.25) is 0 Å². The molecule has 0 amide bonds. The maximum atomic E-state index is 13.3. The normalized spacial score (nSPS) is 29.3. The molecule has 0 N–H and O–H groups in total. The van der Waals surface area contributed by atoms with Gasteiger partial charge in [0.15, 0.2) is 11.6 Å². The zero-order valence-corrected chi connectivity index (χ0v) is 16.6. The molecule has 27 heavy (non-hydrogen) atoms. The number of rotatable bonds is 7. The Bertz CT molecular complexity index is 596. The van der Waals surface area contributed by atoms with E-state index >= 15 is 0 Å². The second-order valence-corrected chi connectivity index (χ2v) is 8.63. The first-order chi connectivity index (χ1) is 13.2. The van der Waals surface area contributed by atoms with Crippen molar-refractivity contribution in [3.05, 3.63) is 47.5 Å². The van der Waals surface area contributed by atoms with E-state index < -0.39 is 11.6 Å². The van der Waals surface area contributed by atoms with Gasteiger partial charge >= 0.3 is 0 Å². The van der Waals surface area contributed by atoms with Crippen LogP contribution in [0, 0.1) is 35.3 Å². The molecule has 1 nitrogen and oxygen atoms in total. The van der Waals surface area contributed by atoms with Gasteiger partial charge in [0.05, 0.1) is 6.61 Å². The van der Waals surface area contributed by atoms with Crippen LogP contribution in [0.2, 0.25) is 0 Å². The van der Waals surface area contributed by atoms with Gasteiger partial charge in [-0.1, -0.05) is 31.1 Å². The maximum absolute atomic E-state index is 13.3. The van der Waals surface area contributed by atoms with Gasteiger partial charge in [0, 0.05) is 7.11 Å². The van der Waals surface area contributed by atoms with Crippen LogP contribution in [0.15, 0.2) is 30.4 Å². The van der Waals surface area contributed by atoms with Crippen molar-refractivity contribution < 1.29 is 13.5 Å². The molecule has 1 aromatic carbocycles. The topological polar surface area (TPSA) is 9.23 Å². The monoisotopic (exact) mass is 376 g/mol. The molecule has 3 rings (SSSR count). The summed E-state index contributed by atoms with van der Waals surface area (Å²) in [6.45, 7) is 0.731. The van der Waals surface area contributed by atoms with Crippen LogP contribution < -0.4 is 0 Å². The highest BCUT2D eigenvalue weighted by Gasteiger charge is 2.30. The van der Waals surface area contributed by atoms with Gasteiger partial charge in [-0.25, -0.2) is 8.78 Å². The predicted molar refractivity (Wildman–Crippen MR) is 107 cm³/mol. The lowest BCUT2D eigenvalue weighted by molar-refractivity contribution is 0.152. The lowest BCUT2D eigenvalue weighted by Gasteiger charge is -2.37. The number of allylic oxidation sites excluding steroid dienone is 1. The van der Waals surface area contributed by atoms with Gasteiger partial charge < -0.3 is 4.74 Å². The minimum absolute atomic E-state index is 0.719. The molecule has 0 atom stereocenters. The Balaban J connectivity index is 1.36. The Kier molecular flexibility index (Phi) is 7.87. The SMILES string of the molecule is COCC=C[C@H]1CC[C@H]([C@H]2CC[C@H](CCc3ccc(F)c(F)c3)CC2)CC1. The third-order valence-corrected chi connectivity index (χ3v) is 6.87. The highest BCUT2D eigenvalue weighted by atomic mass is 19.2. The summed E-state index contributed by atoms with van der Waals surface area (Å²) in [6.07, 6.45) is 17.3. The van der Waals surface area contributed by atoms with E-state index in [0.717, 1.165) is 48.7 Å². The molecule has 3 heteroatoms. The lowest BCUT2D eigenvalue weighted by Crippen LogP contribution is -2.25. The molecule has 0 bridgehead atoms. The van der Waals surface area contributed by atoms with Gasteiger partial charge in [-0.15, -0.1) is 0 Å². The molecular weight excluding hydrogens is 342 g/mol. The summed E-state index contributed by atoms with van der Waals surface area (Å²) < 4.78 is 31.5. The average Bonchev–Trinajstić information content (AvgIpc) is 2.70. The van der Waals surface area contributed by atoms with E-state index in [2.05, 4.69) is 12.2 Å². The van der Waals surface area contributed by atoms with E-state index in [1.807, 2.05) is 0 Å². The summed E-state index contributed by atoms with van der Waals surface area (Å²) in [5.41, 5.74) is 0.927. The van der Waals surface area contributed by atoms with Crippen LogP contribution in [0.1, 0.15) is 63.4 Å². The Labute approximate surface area is 163 Å². The number of benzene rings is 1. The number of halogens is 2. The van der Waals surface area contributed by atoms with Crippen molar-refractivity contribution in [2.45, 2.75) is 64.2 Å². The van der Waals surface area contributed by atoms with E-state index in [-0.39, 0.29) is 0 Å². The van der Waals surface area contributed by atoms with E-state index in [1.54, 1.807) is 13.2 Å². The Morgan fingerprint density at radius 3 is 2.22 bits per heavy atom. The Morgan fingerprint density at radius 2 is 1.59 bits per heavy atom.